The standard InChI is InChI=1S/C11H17N3O/c12-10-2-1-7-14(11(10)15)8-9-3-5-13-6-4-9/h1-2,7,9,13H,3-6,8,12H2. The van der Waals surface area contributed by atoms with Gasteiger partial charge in [0, 0.05) is 12.7 Å². The number of piperidine rings is 1. The lowest BCUT2D eigenvalue weighted by atomic mass is 9.98. The van der Waals surface area contributed by atoms with Gasteiger partial charge in [-0.1, -0.05) is 0 Å². The molecule has 1 aliphatic heterocycles. The lowest BCUT2D eigenvalue weighted by Gasteiger charge is -2.23. The molecule has 0 atom stereocenters. The highest BCUT2D eigenvalue weighted by Gasteiger charge is 2.14. The van der Waals surface area contributed by atoms with Crippen LogP contribution in [0.1, 0.15) is 12.8 Å². The van der Waals surface area contributed by atoms with Crippen LogP contribution in [0.3, 0.4) is 0 Å². The maximum absolute atomic E-state index is 11.7. The molecule has 4 heteroatoms. The van der Waals surface area contributed by atoms with Gasteiger partial charge in [0.15, 0.2) is 0 Å². The number of hydrogen-bond acceptors (Lipinski definition) is 3. The molecular weight excluding hydrogens is 190 g/mol. The molecule has 0 radical (unpaired) electrons. The van der Waals surface area contributed by atoms with Crippen LogP contribution in [0.15, 0.2) is 23.1 Å². The van der Waals surface area contributed by atoms with Gasteiger partial charge in [0.25, 0.3) is 5.56 Å². The highest BCUT2D eigenvalue weighted by atomic mass is 16.1. The Morgan fingerprint density at radius 3 is 2.93 bits per heavy atom. The van der Waals surface area contributed by atoms with Gasteiger partial charge in [-0.2, -0.15) is 0 Å². The molecule has 1 saturated heterocycles. The van der Waals surface area contributed by atoms with E-state index in [-0.39, 0.29) is 5.56 Å². The van der Waals surface area contributed by atoms with Crippen LogP contribution >= 0.6 is 0 Å². The van der Waals surface area contributed by atoms with E-state index >= 15 is 0 Å². The second-order valence-corrected chi connectivity index (χ2v) is 4.11. The summed E-state index contributed by atoms with van der Waals surface area (Å²) >= 11 is 0. The maximum Gasteiger partial charge on any atom is 0.273 e. The summed E-state index contributed by atoms with van der Waals surface area (Å²) in [5.74, 6) is 0.603. The fourth-order valence-electron chi connectivity index (χ4n) is 2.04. The van der Waals surface area contributed by atoms with Crippen LogP contribution in [-0.4, -0.2) is 17.7 Å². The number of anilines is 1. The van der Waals surface area contributed by atoms with Gasteiger partial charge in [0.2, 0.25) is 0 Å². The summed E-state index contributed by atoms with van der Waals surface area (Å²) in [6, 6.07) is 3.49. The van der Waals surface area contributed by atoms with Crippen molar-refractivity contribution in [3.63, 3.8) is 0 Å². The van der Waals surface area contributed by atoms with Crippen LogP contribution in [0.5, 0.6) is 0 Å². The Hall–Kier alpha value is -1.29. The fraction of sp³-hybridized carbons (Fsp3) is 0.545. The maximum atomic E-state index is 11.7. The third kappa shape index (κ3) is 2.39. The summed E-state index contributed by atoms with van der Waals surface area (Å²) in [5, 5.41) is 3.31. The number of pyridine rings is 1. The zero-order valence-electron chi connectivity index (χ0n) is 8.78. The van der Waals surface area contributed by atoms with Gasteiger partial charge < -0.3 is 15.6 Å². The molecule has 0 spiro atoms. The molecule has 2 heterocycles. The topological polar surface area (TPSA) is 60.0 Å². The normalized spacial score (nSPS) is 17.9. The number of aromatic nitrogens is 1. The average molecular weight is 207 g/mol. The average Bonchev–Trinajstić information content (AvgIpc) is 2.26. The lowest BCUT2D eigenvalue weighted by Crippen LogP contribution is -2.32. The van der Waals surface area contributed by atoms with Crippen molar-refractivity contribution in [2.45, 2.75) is 19.4 Å². The predicted octanol–water partition coefficient (Wildman–Crippen LogP) is 0.430. The minimum absolute atomic E-state index is 0.0592. The minimum Gasteiger partial charge on any atom is -0.394 e. The Labute approximate surface area is 89.1 Å². The predicted molar refractivity (Wildman–Crippen MR) is 60.7 cm³/mol. The Morgan fingerprint density at radius 2 is 2.20 bits per heavy atom. The zero-order chi connectivity index (χ0) is 10.7. The van der Waals surface area contributed by atoms with Crippen LogP contribution in [-0.2, 0) is 6.54 Å². The number of nitrogens with zero attached hydrogens (tertiary/aromatic N) is 1. The molecule has 0 saturated carbocycles. The Morgan fingerprint density at radius 1 is 1.47 bits per heavy atom. The largest absolute Gasteiger partial charge is 0.394 e. The molecule has 2 rings (SSSR count). The third-order valence-corrected chi connectivity index (χ3v) is 2.96. The number of hydrogen-bond donors (Lipinski definition) is 2. The van der Waals surface area contributed by atoms with Crippen molar-refractivity contribution >= 4 is 5.69 Å². The van der Waals surface area contributed by atoms with Crippen LogP contribution < -0.4 is 16.6 Å². The molecular formula is C11H17N3O. The quantitative estimate of drug-likeness (QED) is 0.739. The molecule has 1 aromatic rings. The highest BCUT2D eigenvalue weighted by molar-refractivity contribution is 5.33. The first kappa shape index (κ1) is 10.2. The van der Waals surface area contributed by atoms with Crippen LogP contribution in [0, 0.1) is 5.92 Å². The molecule has 82 valence electrons. The van der Waals surface area contributed by atoms with E-state index < -0.39 is 0 Å². The first-order chi connectivity index (χ1) is 7.27. The van der Waals surface area contributed by atoms with E-state index in [2.05, 4.69) is 5.32 Å². The molecule has 0 amide bonds. The summed E-state index contributed by atoms with van der Waals surface area (Å²) in [5.41, 5.74) is 5.86. The molecule has 1 fully saturated rings. The molecule has 1 aliphatic rings. The highest BCUT2D eigenvalue weighted by Crippen LogP contribution is 2.13. The smallest absolute Gasteiger partial charge is 0.273 e. The fourth-order valence-corrected chi connectivity index (χ4v) is 2.04. The zero-order valence-corrected chi connectivity index (χ0v) is 8.78. The van der Waals surface area contributed by atoms with E-state index in [9.17, 15) is 4.79 Å². The molecule has 0 aliphatic carbocycles. The molecule has 3 N–H and O–H groups in total. The number of nitrogen functional groups attached to an aromatic ring is 1. The molecule has 15 heavy (non-hydrogen) atoms. The van der Waals surface area contributed by atoms with E-state index in [1.54, 1.807) is 10.6 Å². The van der Waals surface area contributed by atoms with E-state index in [1.807, 2.05) is 12.3 Å². The molecule has 1 aromatic heterocycles. The third-order valence-electron chi connectivity index (χ3n) is 2.96. The molecule has 0 bridgehead atoms. The Balaban J connectivity index is 2.09. The van der Waals surface area contributed by atoms with Crippen LogP contribution in [0.25, 0.3) is 0 Å². The summed E-state index contributed by atoms with van der Waals surface area (Å²) in [4.78, 5) is 11.7. The summed E-state index contributed by atoms with van der Waals surface area (Å²) in [6.07, 6.45) is 4.10. The van der Waals surface area contributed by atoms with E-state index in [0.29, 0.717) is 11.6 Å². The van der Waals surface area contributed by atoms with Crippen molar-refractivity contribution in [2.24, 2.45) is 5.92 Å². The van der Waals surface area contributed by atoms with Gasteiger partial charge in [0.05, 0.1) is 5.69 Å². The van der Waals surface area contributed by atoms with Crippen LogP contribution in [0.4, 0.5) is 5.69 Å². The molecule has 0 aromatic carbocycles. The van der Waals surface area contributed by atoms with Crippen molar-refractivity contribution in [3.05, 3.63) is 28.7 Å². The van der Waals surface area contributed by atoms with E-state index in [4.69, 9.17) is 5.73 Å². The lowest BCUT2D eigenvalue weighted by molar-refractivity contribution is 0.330. The SMILES string of the molecule is Nc1cccn(CC2CCNCC2)c1=O. The van der Waals surface area contributed by atoms with E-state index in [0.717, 1.165) is 32.5 Å². The Bertz CT molecular complexity index is 380. The number of rotatable bonds is 2. The van der Waals surface area contributed by atoms with Crippen molar-refractivity contribution in [1.82, 2.24) is 9.88 Å². The monoisotopic (exact) mass is 207 g/mol. The van der Waals surface area contributed by atoms with Gasteiger partial charge in [-0.25, -0.2) is 0 Å². The van der Waals surface area contributed by atoms with Gasteiger partial charge in [-0.3, -0.25) is 4.79 Å². The first-order valence-corrected chi connectivity index (χ1v) is 5.43. The Kier molecular flexibility index (Phi) is 3.06. The van der Waals surface area contributed by atoms with Gasteiger partial charge in [-0.05, 0) is 44.0 Å². The summed E-state index contributed by atoms with van der Waals surface area (Å²) in [6.45, 7) is 2.91. The summed E-state index contributed by atoms with van der Waals surface area (Å²) in [7, 11) is 0. The first-order valence-electron chi connectivity index (χ1n) is 5.43. The second kappa shape index (κ2) is 4.49. The van der Waals surface area contributed by atoms with Crippen molar-refractivity contribution in [1.29, 1.82) is 0 Å². The number of nitrogens with one attached hydrogen (secondary N) is 1. The van der Waals surface area contributed by atoms with Crippen LogP contribution in [0.2, 0.25) is 0 Å². The van der Waals surface area contributed by atoms with Gasteiger partial charge in [0.1, 0.15) is 0 Å². The second-order valence-electron chi connectivity index (χ2n) is 4.11. The van der Waals surface area contributed by atoms with Crippen molar-refractivity contribution in [2.75, 3.05) is 18.8 Å². The van der Waals surface area contributed by atoms with E-state index in [1.165, 1.54) is 0 Å². The number of nitrogens with two attached hydrogens (primary N) is 1. The van der Waals surface area contributed by atoms with Gasteiger partial charge >= 0.3 is 0 Å². The minimum atomic E-state index is -0.0592. The molecule has 4 nitrogen and oxygen atoms in total. The summed E-state index contributed by atoms with van der Waals surface area (Å²) < 4.78 is 1.73. The van der Waals surface area contributed by atoms with Crippen molar-refractivity contribution in [3.8, 4) is 0 Å². The molecule has 0 unspecified atom stereocenters. The van der Waals surface area contributed by atoms with Crippen molar-refractivity contribution < 1.29 is 0 Å². The van der Waals surface area contributed by atoms with Gasteiger partial charge in [-0.15, -0.1) is 0 Å².